The summed E-state index contributed by atoms with van der Waals surface area (Å²) in [5.74, 6) is 0. The van der Waals surface area contributed by atoms with E-state index in [1.54, 1.807) is 24.3 Å². The maximum Gasteiger partial charge on any atom is 0.0823 e. The second-order valence-corrected chi connectivity index (χ2v) is 5.25. The predicted octanol–water partition coefficient (Wildman–Crippen LogP) is 5.91. The molecule has 0 saturated carbocycles. The molecule has 5 heteroatoms. The summed E-state index contributed by atoms with van der Waals surface area (Å²) in [7, 11) is 0. The van der Waals surface area contributed by atoms with Crippen LogP contribution in [0.1, 0.15) is 5.56 Å². The van der Waals surface area contributed by atoms with Gasteiger partial charge in [0.1, 0.15) is 0 Å². The number of hydrogen-bond donors (Lipinski definition) is 1. The van der Waals surface area contributed by atoms with Gasteiger partial charge in [-0.05, 0) is 24.3 Å². The van der Waals surface area contributed by atoms with E-state index >= 15 is 0 Å². The lowest BCUT2D eigenvalue weighted by Gasteiger charge is -2.11. The molecule has 0 aliphatic heterocycles. The first-order valence-electron chi connectivity index (χ1n) is 5.20. The van der Waals surface area contributed by atoms with Crippen LogP contribution in [-0.2, 0) is 6.54 Å². The zero-order chi connectivity index (χ0) is 13.1. The summed E-state index contributed by atoms with van der Waals surface area (Å²) in [5.41, 5.74) is 1.58. The molecule has 0 aliphatic rings. The molecule has 0 spiro atoms. The Kier molecular flexibility index (Phi) is 4.63. The van der Waals surface area contributed by atoms with Gasteiger partial charge in [-0.1, -0.05) is 58.5 Å². The molecule has 0 amide bonds. The first-order valence-corrected chi connectivity index (χ1v) is 6.71. The highest BCUT2D eigenvalue weighted by atomic mass is 35.5. The van der Waals surface area contributed by atoms with E-state index in [-0.39, 0.29) is 0 Å². The molecule has 0 aliphatic carbocycles. The topological polar surface area (TPSA) is 12.0 Å². The third kappa shape index (κ3) is 3.04. The van der Waals surface area contributed by atoms with Crippen LogP contribution in [0.2, 0.25) is 20.1 Å². The lowest BCUT2D eigenvalue weighted by Crippen LogP contribution is -2.01. The Balaban J connectivity index is 2.19. The number of anilines is 1. The Labute approximate surface area is 126 Å². The highest BCUT2D eigenvalue weighted by Gasteiger charge is 2.07. The Hall–Kier alpha value is -0.600. The van der Waals surface area contributed by atoms with Crippen molar-refractivity contribution in [2.24, 2.45) is 0 Å². The maximum absolute atomic E-state index is 6.08. The van der Waals surface area contributed by atoms with E-state index in [0.29, 0.717) is 26.6 Å². The van der Waals surface area contributed by atoms with Crippen LogP contribution < -0.4 is 5.32 Å². The zero-order valence-electron chi connectivity index (χ0n) is 9.18. The summed E-state index contributed by atoms with van der Waals surface area (Å²) in [6.45, 7) is 0.485. The SMILES string of the molecule is Clc1cccc(NCc2c(Cl)cccc2Cl)c1Cl. The highest BCUT2D eigenvalue weighted by molar-refractivity contribution is 6.43. The highest BCUT2D eigenvalue weighted by Crippen LogP contribution is 2.31. The summed E-state index contributed by atoms with van der Waals surface area (Å²) in [4.78, 5) is 0. The minimum atomic E-state index is 0.485. The third-order valence-electron chi connectivity index (χ3n) is 2.47. The summed E-state index contributed by atoms with van der Waals surface area (Å²) in [6.07, 6.45) is 0. The molecule has 2 rings (SSSR count). The Morgan fingerprint density at radius 1 is 0.778 bits per heavy atom. The molecular weight excluding hydrogens is 312 g/mol. The second-order valence-electron chi connectivity index (χ2n) is 3.66. The lowest BCUT2D eigenvalue weighted by molar-refractivity contribution is 1.15. The van der Waals surface area contributed by atoms with E-state index in [2.05, 4.69) is 5.32 Å². The Morgan fingerprint density at radius 2 is 1.33 bits per heavy atom. The van der Waals surface area contributed by atoms with Crippen LogP contribution >= 0.6 is 46.4 Å². The van der Waals surface area contributed by atoms with E-state index in [9.17, 15) is 0 Å². The first-order chi connectivity index (χ1) is 8.59. The summed E-state index contributed by atoms with van der Waals surface area (Å²) >= 11 is 24.2. The predicted molar refractivity (Wildman–Crippen MR) is 80.3 cm³/mol. The molecule has 0 unspecified atom stereocenters. The van der Waals surface area contributed by atoms with Crippen molar-refractivity contribution in [2.75, 3.05) is 5.32 Å². The summed E-state index contributed by atoms with van der Waals surface area (Å²) in [6, 6.07) is 10.8. The number of nitrogens with one attached hydrogen (secondary N) is 1. The fourth-order valence-corrected chi connectivity index (χ4v) is 2.42. The van der Waals surface area contributed by atoms with Crippen LogP contribution in [0, 0.1) is 0 Å². The molecule has 0 fully saturated rings. The van der Waals surface area contributed by atoms with Crippen LogP contribution in [0.25, 0.3) is 0 Å². The van der Waals surface area contributed by atoms with Gasteiger partial charge in [0, 0.05) is 22.2 Å². The van der Waals surface area contributed by atoms with Gasteiger partial charge in [0.15, 0.2) is 0 Å². The molecular formula is C13H9Cl4N. The van der Waals surface area contributed by atoms with E-state index in [1.165, 1.54) is 0 Å². The number of rotatable bonds is 3. The minimum Gasteiger partial charge on any atom is -0.380 e. The van der Waals surface area contributed by atoms with Crippen molar-refractivity contribution in [3.8, 4) is 0 Å². The van der Waals surface area contributed by atoms with Crippen LogP contribution in [0.15, 0.2) is 36.4 Å². The van der Waals surface area contributed by atoms with Gasteiger partial charge < -0.3 is 5.32 Å². The van der Waals surface area contributed by atoms with Crippen molar-refractivity contribution >= 4 is 52.1 Å². The molecule has 18 heavy (non-hydrogen) atoms. The molecule has 0 atom stereocenters. The largest absolute Gasteiger partial charge is 0.380 e. The van der Waals surface area contributed by atoms with Gasteiger partial charge in [0.2, 0.25) is 0 Å². The minimum absolute atomic E-state index is 0.485. The quantitative estimate of drug-likeness (QED) is 0.741. The van der Waals surface area contributed by atoms with Gasteiger partial charge in [-0.3, -0.25) is 0 Å². The van der Waals surface area contributed by atoms with Gasteiger partial charge in [0.05, 0.1) is 15.7 Å². The Morgan fingerprint density at radius 3 is 2.00 bits per heavy atom. The van der Waals surface area contributed by atoms with Gasteiger partial charge in [0.25, 0.3) is 0 Å². The molecule has 1 nitrogen and oxygen atoms in total. The fraction of sp³-hybridized carbons (Fsp3) is 0.0769. The normalized spacial score (nSPS) is 10.4. The zero-order valence-corrected chi connectivity index (χ0v) is 12.2. The van der Waals surface area contributed by atoms with Gasteiger partial charge in [-0.15, -0.1) is 0 Å². The fourth-order valence-electron chi connectivity index (χ4n) is 1.53. The molecule has 2 aromatic carbocycles. The Bertz CT molecular complexity index is 549. The second kappa shape index (κ2) is 6.03. The van der Waals surface area contributed by atoms with Crippen molar-refractivity contribution < 1.29 is 0 Å². The molecule has 1 N–H and O–H groups in total. The van der Waals surface area contributed by atoms with E-state index < -0.39 is 0 Å². The van der Waals surface area contributed by atoms with Crippen LogP contribution in [0.4, 0.5) is 5.69 Å². The molecule has 94 valence electrons. The average Bonchev–Trinajstić information content (AvgIpc) is 2.33. The molecule has 2 aromatic rings. The van der Waals surface area contributed by atoms with E-state index in [1.807, 2.05) is 12.1 Å². The van der Waals surface area contributed by atoms with Crippen molar-refractivity contribution in [2.45, 2.75) is 6.54 Å². The molecule has 0 radical (unpaired) electrons. The van der Waals surface area contributed by atoms with Gasteiger partial charge in [-0.2, -0.15) is 0 Å². The van der Waals surface area contributed by atoms with Crippen LogP contribution in [0.5, 0.6) is 0 Å². The van der Waals surface area contributed by atoms with E-state index in [0.717, 1.165) is 11.3 Å². The van der Waals surface area contributed by atoms with Crippen molar-refractivity contribution in [1.82, 2.24) is 0 Å². The molecule has 0 bridgehead atoms. The standard InChI is InChI=1S/C13H9Cl4N/c14-9-3-1-4-10(15)8(9)7-18-12-6-2-5-11(16)13(12)17/h1-6,18H,7H2. The molecule has 0 heterocycles. The van der Waals surface area contributed by atoms with Crippen molar-refractivity contribution in [3.63, 3.8) is 0 Å². The smallest absolute Gasteiger partial charge is 0.0823 e. The maximum atomic E-state index is 6.08. The average molecular weight is 321 g/mol. The van der Waals surface area contributed by atoms with Crippen molar-refractivity contribution in [3.05, 3.63) is 62.1 Å². The summed E-state index contributed by atoms with van der Waals surface area (Å²) < 4.78 is 0. The molecule has 0 saturated heterocycles. The third-order valence-corrected chi connectivity index (χ3v) is 4.00. The summed E-state index contributed by atoms with van der Waals surface area (Å²) in [5, 5.41) is 5.40. The number of benzene rings is 2. The van der Waals surface area contributed by atoms with E-state index in [4.69, 9.17) is 46.4 Å². The molecule has 0 aromatic heterocycles. The van der Waals surface area contributed by atoms with Gasteiger partial charge in [-0.25, -0.2) is 0 Å². The van der Waals surface area contributed by atoms with Crippen molar-refractivity contribution in [1.29, 1.82) is 0 Å². The number of halogens is 4. The first kappa shape index (κ1) is 13.8. The number of hydrogen-bond acceptors (Lipinski definition) is 1. The lowest BCUT2D eigenvalue weighted by atomic mass is 10.2. The van der Waals surface area contributed by atoms with Gasteiger partial charge >= 0.3 is 0 Å². The monoisotopic (exact) mass is 319 g/mol. The van der Waals surface area contributed by atoms with Crippen LogP contribution in [-0.4, -0.2) is 0 Å². The van der Waals surface area contributed by atoms with Crippen LogP contribution in [0.3, 0.4) is 0 Å².